The van der Waals surface area contributed by atoms with Crippen LogP contribution >= 0.6 is 56.7 Å². The summed E-state index contributed by atoms with van der Waals surface area (Å²) < 4.78 is 10.9. The summed E-state index contributed by atoms with van der Waals surface area (Å²) in [7, 11) is 0. The number of nitrogens with zero attached hydrogens (tertiary/aromatic N) is 4. The van der Waals surface area contributed by atoms with Gasteiger partial charge < -0.3 is 67.7 Å². The van der Waals surface area contributed by atoms with Gasteiger partial charge in [-0.15, -0.1) is 56.7 Å². The summed E-state index contributed by atoms with van der Waals surface area (Å²) in [6, 6.07) is 42.8. The number of aliphatic hydroxyl groups is 3. The number of aliphatic carboxylic acids is 2. The van der Waals surface area contributed by atoms with Crippen LogP contribution in [0.3, 0.4) is 0 Å². The van der Waals surface area contributed by atoms with Crippen molar-refractivity contribution < 1.29 is 68.6 Å². The molecule has 0 unspecified atom stereocenters. The molecule has 13 N–H and O–H groups in total. The highest BCUT2D eigenvalue weighted by molar-refractivity contribution is 7.13. The number of ketones is 1. The van der Waals surface area contributed by atoms with E-state index in [4.69, 9.17) is 46.5 Å². The molecule has 4 amide bonds. The first-order valence-corrected chi connectivity index (χ1v) is 33.7. The van der Waals surface area contributed by atoms with Crippen LogP contribution in [0.1, 0.15) is 90.7 Å². The number of thiophene rings is 5. The molecule has 7 aromatic heterocycles. The Morgan fingerprint density at radius 2 is 0.885 bits per heavy atom. The van der Waals surface area contributed by atoms with Gasteiger partial charge in [0.15, 0.2) is 5.78 Å². The molecule has 7 heterocycles. The summed E-state index contributed by atoms with van der Waals surface area (Å²) >= 11 is 7.13. The van der Waals surface area contributed by atoms with Crippen LogP contribution in [0.25, 0.3) is 0 Å². The van der Waals surface area contributed by atoms with Crippen molar-refractivity contribution in [3.05, 3.63) is 238 Å². The van der Waals surface area contributed by atoms with Crippen molar-refractivity contribution in [2.45, 2.75) is 45.1 Å². The first kappa shape index (κ1) is 78.7. The number of ether oxygens (including phenoxy) is 2. The lowest BCUT2D eigenvalue weighted by molar-refractivity contribution is -0.137. The topological polar surface area (TPSA) is 391 Å². The number of carbonyl (C=O) groups excluding carboxylic acids is 5. The predicted octanol–water partition coefficient (Wildman–Crippen LogP) is 10.1. The second kappa shape index (κ2) is 48.0. The largest absolute Gasteiger partial charge is 0.481 e. The molecule has 0 atom stereocenters. The van der Waals surface area contributed by atoms with Crippen LogP contribution in [0.15, 0.2) is 197 Å². The number of aromatic nitrogens is 4. The van der Waals surface area contributed by atoms with Gasteiger partial charge in [0.25, 0.3) is 23.6 Å². The molecule has 0 bridgehead atoms. The molecule has 0 aliphatic carbocycles. The number of nitrogens with one attached hydrogen (secondary N) is 4. The van der Waals surface area contributed by atoms with Gasteiger partial charge in [-0.05, 0) is 107 Å². The van der Waals surface area contributed by atoms with Gasteiger partial charge in [-0.3, -0.25) is 33.6 Å². The second-order valence-electron chi connectivity index (χ2n) is 18.8. The number of hydrogen-bond donors (Lipinski definition) is 11. The Hall–Kier alpha value is -9.79. The molecular weight excluding hydrogens is 1330 g/mol. The van der Waals surface area contributed by atoms with Crippen molar-refractivity contribution in [1.29, 1.82) is 0 Å². The van der Waals surface area contributed by atoms with Gasteiger partial charge >= 0.3 is 17.9 Å². The predicted molar refractivity (Wildman–Crippen MR) is 374 cm³/mol. The van der Waals surface area contributed by atoms with Crippen molar-refractivity contribution in [3.8, 4) is 23.4 Å². The number of carbonyl (C=O) groups is 7. The SMILES string of the molecule is NCCCNC(=O)c1cccs1.NCCNC(=O)c1cccs1.O=C(CCCO)c1cccs1.O=C(NCCCO)c1cccs1.O=C(Nc1ccccc1CO)c1cccs1.O=C(O)Cc1ccccc1Oc1ccncn1.O=C(O)Cc1ccccc1Oc1ncccn1. The number of para-hydroxylation sites is 3. The maximum atomic E-state index is 11.8. The van der Waals surface area contributed by atoms with E-state index >= 15 is 0 Å². The van der Waals surface area contributed by atoms with Crippen molar-refractivity contribution in [2.24, 2.45) is 11.5 Å². The zero-order valence-corrected chi connectivity index (χ0v) is 55.9. The number of carboxylic acids is 2. The number of amides is 4. The van der Waals surface area contributed by atoms with E-state index in [1.807, 2.05) is 81.5 Å². The number of aliphatic hydroxyl groups excluding tert-OH is 3. The van der Waals surface area contributed by atoms with E-state index < -0.39 is 11.9 Å². The summed E-state index contributed by atoms with van der Waals surface area (Å²) in [6.07, 6.45) is 8.33. The van der Waals surface area contributed by atoms with Crippen LogP contribution in [-0.4, -0.2) is 133 Å². The molecule has 0 saturated carbocycles. The third kappa shape index (κ3) is 32.4. The minimum absolute atomic E-state index is 0.00144. The Morgan fingerprint density at radius 1 is 0.438 bits per heavy atom. The molecule has 3 aromatic carbocycles. The minimum Gasteiger partial charge on any atom is -0.481 e. The molecule has 10 aromatic rings. The fourth-order valence-corrected chi connectivity index (χ4v) is 10.4. The monoisotopic (exact) mass is 1400 g/mol. The highest BCUT2D eigenvalue weighted by atomic mass is 32.1. The van der Waals surface area contributed by atoms with Crippen molar-refractivity contribution in [1.82, 2.24) is 35.9 Å². The first-order valence-electron chi connectivity index (χ1n) is 29.3. The van der Waals surface area contributed by atoms with Gasteiger partial charge in [0.2, 0.25) is 5.88 Å². The summed E-state index contributed by atoms with van der Waals surface area (Å²) in [6.45, 7) is 2.96. The first-order chi connectivity index (χ1) is 46.7. The molecule has 0 spiro atoms. The van der Waals surface area contributed by atoms with E-state index in [0.717, 1.165) is 21.1 Å². The normalized spacial score (nSPS) is 9.84. The van der Waals surface area contributed by atoms with Gasteiger partial charge in [-0.25, -0.2) is 19.9 Å². The molecule has 96 heavy (non-hydrogen) atoms. The van der Waals surface area contributed by atoms with E-state index in [2.05, 4.69) is 41.2 Å². The quantitative estimate of drug-likeness (QED) is 0.0177. The van der Waals surface area contributed by atoms with Crippen molar-refractivity contribution in [2.75, 3.05) is 51.3 Å². The molecule has 506 valence electrons. The maximum absolute atomic E-state index is 11.8. The number of nitrogens with two attached hydrogens (primary N) is 2. The van der Waals surface area contributed by atoms with Gasteiger partial charge in [-0.2, -0.15) is 0 Å². The van der Waals surface area contributed by atoms with Crippen LogP contribution in [0, 0.1) is 0 Å². The van der Waals surface area contributed by atoms with Crippen molar-refractivity contribution in [3.63, 3.8) is 0 Å². The molecule has 0 radical (unpaired) electrons. The Kier molecular flexibility index (Phi) is 39.3. The van der Waals surface area contributed by atoms with Crippen LogP contribution in [0.2, 0.25) is 0 Å². The highest BCUT2D eigenvalue weighted by Crippen LogP contribution is 2.25. The zero-order chi connectivity index (χ0) is 69.4. The van der Waals surface area contributed by atoms with E-state index in [1.165, 1.54) is 63.0 Å². The Balaban J connectivity index is 0.000000240. The summed E-state index contributed by atoms with van der Waals surface area (Å²) in [4.78, 5) is 97.0. The lowest BCUT2D eigenvalue weighted by Crippen LogP contribution is -2.28. The van der Waals surface area contributed by atoms with Gasteiger partial charge in [0.1, 0.15) is 17.8 Å². The second-order valence-corrected chi connectivity index (χ2v) is 23.6. The summed E-state index contributed by atoms with van der Waals surface area (Å²) in [5, 5.41) is 63.9. The average molecular weight is 1400 g/mol. The van der Waals surface area contributed by atoms with E-state index in [1.54, 1.807) is 110 Å². The van der Waals surface area contributed by atoms with E-state index in [9.17, 15) is 33.6 Å². The van der Waals surface area contributed by atoms with Gasteiger partial charge in [0, 0.05) is 92.8 Å². The highest BCUT2D eigenvalue weighted by Gasteiger charge is 2.13. The molecule has 0 saturated heterocycles. The summed E-state index contributed by atoms with van der Waals surface area (Å²) in [5.41, 5.74) is 13.1. The fourth-order valence-electron chi connectivity index (χ4n) is 7.14. The number of rotatable bonds is 26. The lowest BCUT2D eigenvalue weighted by atomic mass is 10.1. The Morgan fingerprint density at radius 3 is 1.32 bits per heavy atom. The Bertz CT molecular complexity index is 3560. The van der Waals surface area contributed by atoms with E-state index in [-0.39, 0.29) is 68.1 Å². The minimum atomic E-state index is -0.907. The maximum Gasteiger partial charge on any atom is 0.321 e. The molecule has 0 aliphatic rings. The summed E-state index contributed by atoms with van der Waals surface area (Å²) in [5.74, 6) is -0.571. The number of carboxylic acid groups (broad SMARTS) is 2. The van der Waals surface area contributed by atoms with Crippen LogP contribution in [0.5, 0.6) is 23.4 Å². The van der Waals surface area contributed by atoms with Gasteiger partial charge in [0.05, 0.1) is 43.8 Å². The van der Waals surface area contributed by atoms with Gasteiger partial charge in [-0.1, -0.05) is 84.9 Å². The molecule has 10 rings (SSSR count). The number of hydrogen-bond acceptors (Lipinski definition) is 23. The number of benzene rings is 3. The molecule has 0 aliphatic heterocycles. The number of anilines is 1. The zero-order valence-electron chi connectivity index (χ0n) is 51.8. The van der Waals surface area contributed by atoms with E-state index in [0.29, 0.717) is 101 Å². The lowest BCUT2D eigenvalue weighted by Gasteiger charge is -2.08. The molecule has 24 nitrogen and oxygen atoms in total. The third-order valence-corrected chi connectivity index (χ3v) is 16.0. The molecule has 0 fully saturated rings. The Labute approximate surface area is 574 Å². The fraction of sp³-hybridized carbons (Fsp3) is 0.209. The van der Waals surface area contributed by atoms with Crippen LogP contribution < -0.4 is 42.2 Å². The van der Waals surface area contributed by atoms with Crippen LogP contribution in [-0.2, 0) is 29.0 Å². The van der Waals surface area contributed by atoms with Crippen molar-refractivity contribution >= 4 is 104 Å². The smallest absolute Gasteiger partial charge is 0.321 e. The average Bonchev–Trinajstić information content (AvgIpc) is 2.00. The molecular formula is C67H74N10O14S5. The number of Topliss-reactive ketones (excluding diaryl/α,β-unsaturated/α-hetero) is 1. The molecule has 29 heteroatoms. The third-order valence-electron chi connectivity index (χ3n) is 11.6. The standard InChI is InChI=1S/2C12H10N2O3.C12H11NO2S.C8H12N2OS.C8H11NO2S.C8H10O2S.C7H10N2OS/c15-11(16)8-9-4-1-2-5-10(9)17-12-13-6-3-7-14-12;15-12(16)7-9-3-1-2-4-10(9)17-11-5-6-13-8-14-11;14-8-9-4-1-2-5-10(9)13-12(15)11-6-3-7-16-11;9-4-2-5-10-8(11)7-3-1-6-12-7;10-5-2-4-9-8(11)7-3-1-6-12-7;9-5-1-3-7(10)8-4-2-6-11-8;8-3-4-9-7(10)6-2-1-5-11-6/h1-7H,8H2,(H,15,16);1-6,8H,7H2,(H,15,16);1-7,14H,8H2,(H,13,15);1,3,6H,2,4-5,9H2,(H,10,11);1,3,6,10H,2,4-5H2,(H,9,11);2,4,6,9H,1,3,5H2;1-2,5H,3-4,8H2,(H,9,10). The van der Waals surface area contributed by atoms with Crippen LogP contribution in [0.4, 0.5) is 5.69 Å².